The van der Waals surface area contributed by atoms with E-state index in [9.17, 15) is 36.4 Å². The molecule has 0 bridgehead atoms. The minimum atomic E-state index is -4.73. The van der Waals surface area contributed by atoms with Crippen LogP contribution in [0.25, 0.3) is 16.9 Å². The monoisotopic (exact) mass is 702 g/mol. The van der Waals surface area contributed by atoms with Crippen molar-refractivity contribution in [3.63, 3.8) is 0 Å². The lowest BCUT2D eigenvalue weighted by Crippen LogP contribution is -2.50. The largest absolute Gasteiger partial charge is 0.569 e. The topological polar surface area (TPSA) is 158 Å². The number of halogens is 3. The molecule has 260 valence electrons. The second-order valence-electron chi connectivity index (χ2n) is 11.1. The number of hydrazine groups is 1. The van der Waals surface area contributed by atoms with Crippen molar-refractivity contribution in [1.82, 2.24) is 19.5 Å². The van der Waals surface area contributed by atoms with Gasteiger partial charge in [-0.15, -0.1) is 5.01 Å². The number of amides is 1. The molecule has 13 nitrogen and oxygen atoms in total. The zero-order chi connectivity index (χ0) is 35.9. The van der Waals surface area contributed by atoms with E-state index in [0.29, 0.717) is 11.1 Å². The number of esters is 1. The van der Waals surface area contributed by atoms with E-state index in [1.807, 2.05) is 11.6 Å². The molecule has 0 saturated carbocycles. The molecule has 0 spiro atoms. The third-order valence-electron chi connectivity index (χ3n) is 7.12. The van der Waals surface area contributed by atoms with Crippen molar-refractivity contribution in [2.24, 2.45) is 11.2 Å². The van der Waals surface area contributed by atoms with E-state index in [-0.39, 0.29) is 27.7 Å². The van der Waals surface area contributed by atoms with Crippen LogP contribution in [0.4, 0.5) is 13.2 Å². The molecule has 3 aromatic carbocycles. The van der Waals surface area contributed by atoms with Crippen molar-refractivity contribution < 1.29 is 45.7 Å². The van der Waals surface area contributed by atoms with Crippen LogP contribution >= 0.6 is 0 Å². The second kappa shape index (κ2) is 15.2. The van der Waals surface area contributed by atoms with Gasteiger partial charge in [-0.1, -0.05) is 74.0 Å². The molecule has 0 aliphatic heterocycles. The molecule has 49 heavy (non-hydrogen) atoms. The van der Waals surface area contributed by atoms with Gasteiger partial charge in [-0.3, -0.25) is 9.59 Å². The number of rotatable bonds is 13. The van der Waals surface area contributed by atoms with Gasteiger partial charge in [0.15, 0.2) is 11.7 Å². The van der Waals surface area contributed by atoms with Crippen molar-refractivity contribution >= 4 is 21.9 Å². The predicted octanol–water partition coefficient (Wildman–Crippen LogP) is 5.18. The average molecular weight is 703 g/mol. The first-order valence-corrected chi connectivity index (χ1v) is 16.2. The molecular weight excluding hydrogens is 669 g/mol. The number of sulfonamides is 1. The Morgan fingerprint density at radius 3 is 2.27 bits per heavy atom. The first kappa shape index (κ1) is 36.4. The van der Waals surface area contributed by atoms with Crippen LogP contribution in [0, 0.1) is 18.0 Å². The van der Waals surface area contributed by atoms with E-state index in [2.05, 4.69) is 10.4 Å². The van der Waals surface area contributed by atoms with Crippen molar-refractivity contribution in [1.29, 1.82) is 0 Å². The number of aromatic nitrogens is 2. The van der Waals surface area contributed by atoms with Gasteiger partial charge in [0, 0.05) is 12.0 Å². The highest BCUT2D eigenvalue weighted by Crippen LogP contribution is 2.33. The summed E-state index contributed by atoms with van der Waals surface area (Å²) in [7, 11) is -3.37. The Hall–Kier alpha value is -5.45. The van der Waals surface area contributed by atoms with E-state index in [1.165, 1.54) is 19.2 Å². The fraction of sp³-hybridized carbons (Fsp3) is 0.281. The molecule has 17 heteroatoms. The highest BCUT2D eigenvalue weighted by atomic mass is 32.2. The molecule has 1 aromatic heterocycles. The summed E-state index contributed by atoms with van der Waals surface area (Å²) in [5, 5.41) is 20.4. The molecule has 0 radical (unpaired) electrons. The predicted molar refractivity (Wildman–Crippen MR) is 169 cm³/mol. The quantitative estimate of drug-likeness (QED) is 0.0495. The van der Waals surface area contributed by atoms with Crippen LogP contribution in [0.1, 0.15) is 30.7 Å². The molecule has 0 saturated heterocycles. The van der Waals surface area contributed by atoms with Crippen LogP contribution in [0.5, 0.6) is 0 Å². The summed E-state index contributed by atoms with van der Waals surface area (Å²) in [6.45, 7) is 4.35. The second-order valence-corrected chi connectivity index (χ2v) is 12.8. The number of nitrogens with one attached hydrogen (secondary N) is 1. The third-order valence-corrected chi connectivity index (χ3v) is 8.48. The van der Waals surface area contributed by atoms with Crippen LogP contribution < -0.4 is 4.72 Å². The highest BCUT2D eigenvalue weighted by Gasteiger charge is 2.36. The van der Waals surface area contributed by atoms with Crippen LogP contribution in [-0.4, -0.2) is 59.9 Å². The summed E-state index contributed by atoms with van der Waals surface area (Å²) in [6.07, 6.45) is -4.86. The van der Waals surface area contributed by atoms with Crippen molar-refractivity contribution in [3.8, 4) is 16.9 Å². The van der Waals surface area contributed by atoms with E-state index in [1.54, 1.807) is 68.4 Å². The van der Waals surface area contributed by atoms with Gasteiger partial charge in [-0.05, 0) is 42.8 Å². The SMILES string of the molecule is Cc1ccc(-c2cc(C(F)(F)F)nn2-c2ccc(S(=O)(=O)NC(=O)[C@H](Cc3ccccc3)N(C)/[N+]([O-])=N\OCOC(=O)C(C)C)cc2)cc1. The molecule has 4 rings (SSSR count). The Morgan fingerprint density at radius 1 is 1.04 bits per heavy atom. The Bertz CT molecular complexity index is 1900. The zero-order valence-corrected chi connectivity index (χ0v) is 27.6. The van der Waals surface area contributed by atoms with Crippen molar-refractivity contribution in [2.45, 2.75) is 44.3 Å². The lowest BCUT2D eigenvalue weighted by Gasteiger charge is -2.23. The first-order valence-electron chi connectivity index (χ1n) is 14.7. The number of ether oxygens (including phenoxy) is 1. The molecular formula is C32H33F3N6O7S. The summed E-state index contributed by atoms with van der Waals surface area (Å²) in [5.74, 6) is -2.14. The maximum Gasteiger partial charge on any atom is 0.435 e. The summed E-state index contributed by atoms with van der Waals surface area (Å²) < 4.78 is 75.2. The molecule has 1 atom stereocenters. The molecule has 0 aliphatic carbocycles. The van der Waals surface area contributed by atoms with Gasteiger partial charge in [-0.25, -0.2) is 17.8 Å². The first-order chi connectivity index (χ1) is 23.1. The molecule has 1 heterocycles. The minimum Gasteiger partial charge on any atom is -0.569 e. The number of aryl methyl sites for hydroxylation is 1. The minimum absolute atomic E-state index is 0.0945. The Kier molecular flexibility index (Phi) is 11.3. The van der Waals surface area contributed by atoms with Gasteiger partial charge < -0.3 is 14.8 Å². The van der Waals surface area contributed by atoms with Crippen LogP contribution in [0.3, 0.4) is 0 Å². The van der Waals surface area contributed by atoms with Crippen molar-refractivity contribution in [3.05, 3.63) is 107 Å². The van der Waals surface area contributed by atoms with E-state index < -0.39 is 52.5 Å². The standard InChI is InChI=1S/C32H33F3N6O7S/c1-21(2)31(43)47-20-48-38-41(44)39(4)28(18-23-8-6-5-7-9-23)30(42)37-49(45,46)26-16-14-25(15-17-26)40-27(19-29(36-40)32(33,34)35)24-12-10-22(3)11-13-24/h5-17,19,21,28H,18,20H2,1-4H3,(H,37,42)/b41-38+/t28-/m0/s1. The highest BCUT2D eigenvalue weighted by molar-refractivity contribution is 7.90. The summed E-state index contributed by atoms with van der Waals surface area (Å²) in [5.41, 5.74) is 1.04. The van der Waals surface area contributed by atoms with Gasteiger partial charge >= 0.3 is 12.1 Å². The lowest BCUT2D eigenvalue weighted by atomic mass is 10.1. The number of likely N-dealkylation sites (N-methyl/N-ethyl adjacent to an activating group) is 1. The molecule has 1 N–H and O–H groups in total. The summed E-state index contributed by atoms with van der Waals surface area (Å²) in [4.78, 5) is 29.3. The number of nitrogens with zero attached hydrogens (tertiary/aromatic N) is 5. The van der Waals surface area contributed by atoms with Gasteiger partial charge in [0.25, 0.3) is 22.7 Å². The number of hydrogen-bond donors (Lipinski definition) is 1. The zero-order valence-electron chi connectivity index (χ0n) is 26.8. The number of carbonyl (C=O) groups is 2. The van der Waals surface area contributed by atoms with Gasteiger partial charge in [0.1, 0.15) is 0 Å². The molecule has 0 aliphatic rings. The normalized spacial score (nSPS) is 12.8. The number of alkyl halides is 3. The van der Waals surface area contributed by atoms with Crippen molar-refractivity contribution in [2.75, 3.05) is 13.8 Å². The van der Waals surface area contributed by atoms with Gasteiger partial charge in [-0.2, -0.15) is 18.3 Å². The molecule has 0 fully saturated rings. The smallest absolute Gasteiger partial charge is 0.435 e. The Labute approximate surface area is 280 Å². The van der Waals surface area contributed by atoms with Crippen LogP contribution in [0.2, 0.25) is 0 Å². The maximum atomic E-state index is 13.6. The molecule has 0 unspecified atom stereocenters. The molecule has 1 amide bonds. The number of benzene rings is 3. The number of hydrogen-bond acceptors (Lipinski definition) is 9. The van der Waals surface area contributed by atoms with Gasteiger partial charge in [0.2, 0.25) is 5.28 Å². The average Bonchev–Trinajstić information content (AvgIpc) is 3.52. The van der Waals surface area contributed by atoms with E-state index in [0.717, 1.165) is 33.5 Å². The van der Waals surface area contributed by atoms with Crippen LogP contribution in [0.15, 0.2) is 95.1 Å². The lowest BCUT2D eigenvalue weighted by molar-refractivity contribution is -0.710. The van der Waals surface area contributed by atoms with Crippen LogP contribution in [-0.2, 0) is 41.8 Å². The fourth-order valence-corrected chi connectivity index (χ4v) is 5.42. The van der Waals surface area contributed by atoms with E-state index in [4.69, 9.17) is 9.57 Å². The maximum absolute atomic E-state index is 13.6. The summed E-state index contributed by atoms with van der Waals surface area (Å²) in [6, 6.07) is 19.4. The summed E-state index contributed by atoms with van der Waals surface area (Å²) >= 11 is 0. The third kappa shape index (κ3) is 9.34. The van der Waals surface area contributed by atoms with Gasteiger partial charge in [0.05, 0.1) is 34.2 Å². The fourth-order valence-electron chi connectivity index (χ4n) is 4.41. The Morgan fingerprint density at radius 2 is 1.67 bits per heavy atom. The number of carbonyl (C=O) groups excluding carboxylic acids is 2. The van der Waals surface area contributed by atoms with E-state index >= 15 is 0 Å². The Balaban J connectivity index is 1.57. The molecule has 4 aromatic rings.